The van der Waals surface area contributed by atoms with Crippen LogP contribution in [-0.4, -0.2) is 25.9 Å². The molecular formula is C26H23N3O2. The van der Waals surface area contributed by atoms with Gasteiger partial charge in [0.25, 0.3) is 11.8 Å². The average molecular weight is 409 g/mol. The van der Waals surface area contributed by atoms with E-state index >= 15 is 0 Å². The second-order valence-electron chi connectivity index (χ2n) is 7.33. The average Bonchev–Trinajstić information content (AvgIpc) is 3.05. The van der Waals surface area contributed by atoms with Crippen LogP contribution in [0.3, 0.4) is 0 Å². The number of hydrazine groups is 1. The summed E-state index contributed by atoms with van der Waals surface area (Å²) in [4.78, 5) is 28.5. The molecule has 1 fully saturated rings. The number of hydrogen-bond donors (Lipinski definition) is 0. The van der Waals surface area contributed by atoms with Crippen molar-refractivity contribution in [3.63, 3.8) is 0 Å². The monoisotopic (exact) mass is 409 g/mol. The van der Waals surface area contributed by atoms with Gasteiger partial charge in [0.15, 0.2) is 0 Å². The number of amides is 2. The molecule has 3 aromatic carbocycles. The quantitative estimate of drug-likeness (QED) is 0.454. The molecule has 0 saturated carbocycles. The number of rotatable bonds is 5. The molecule has 2 amide bonds. The van der Waals surface area contributed by atoms with Crippen molar-refractivity contribution in [2.45, 2.75) is 0 Å². The molecule has 4 rings (SSSR count). The highest BCUT2D eigenvalue weighted by atomic mass is 16.2. The van der Waals surface area contributed by atoms with E-state index in [0.717, 1.165) is 11.3 Å². The summed E-state index contributed by atoms with van der Waals surface area (Å²) in [6.45, 7) is 0. The second-order valence-corrected chi connectivity index (χ2v) is 7.33. The summed E-state index contributed by atoms with van der Waals surface area (Å²) in [6.07, 6.45) is 5.21. The smallest absolute Gasteiger partial charge is 0.283 e. The van der Waals surface area contributed by atoms with Crippen LogP contribution >= 0.6 is 0 Å². The molecule has 0 unspecified atom stereocenters. The maximum absolute atomic E-state index is 13.2. The van der Waals surface area contributed by atoms with Gasteiger partial charge in [-0.2, -0.15) is 0 Å². The Labute approximate surface area is 182 Å². The van der Waals surface area contributed by atoms with Crippen molar-refractivity contribution in [1.29, 1.82) is 0 Å². The van der Waals surface area contributed by atoms with Gasteiger partial charge in [-0.3, -0.25) is 9.59 Å². The number of hydrogen-bond acceptors (Lipinski definition) is 3. The van der Waals surface area contributed by atoms with Crippen LogP contribution in [0.4, 0.5) is 17.1 Å². The normalized spacial score (nSPS) is 13.9. The molecule has 1 aliphatic heterocycles. The fourth-order valence-electron chi connectivity index (χ4n) is 3.39. The Morgan fingerprint density at radius 2 is 1.16 bits per heavy atom. The molecule has 0 aromatic heterocycles. The molecule has 0 aliphatic carbocycles. The number of carbonyl (C=O) groups is 2. The Kier molecular flexibility index (Phi) is 5.67. The van der Waals surface area contributed by atoms with Crippen molar-refractivity contribution in [1.82, 2.24) is 0 Å². The van der Waals surface area contributed by atoms with Gasteiger partial charge in [-0.05, 0) is 48.0 Å². The van der Waals surface area contributed by atoms with Crippen LogP contribution in [0.2, 0.25) is 0 Å². The first kappa shape index (κ1) is 20.2. The molecule has 0 atom stereocenters. The summed E-state index contributed by atoms with van der Waals surface area (Å²) in [5.74, 6) is -0.708. The highest BCUT2D eigenvalue weighted by Crippen LogP contribution is 2.31. The lowest BCUT2D eigenvalue weighted by molar-refractivity contribution is -0.116. The molecule has 31 heavy (non-hydrogen) atoms. The first-order valence-electron chi connectivity index (χ1n) is 10.0. The summed E-state index contributed by atoms with van der Waals surface area (Å²) >= 11 is 0. The predicted molar refractivity (Wildman–Crippen MR) is 126 cm³/mol. The standard InChI is InChI=1S/C26H23N3O2/c1-27(2)21-18-16-20(17-19-21)10-9-15-24-25(30)28(22-11-5-3-6-12-22)29(26(24)31)23-13-7-4-8-14-23/h3-19H,1-2H3. The maximum Gasteiger partial charge on any atom is 0.283 e. The Hall–Kier alpha value is -4.12. The van der Waals surface area contributed by atoms with Crippen LogP contribution in [0.15, 0.2) is 103 Å². The van der Waals surface area contributed by atoms with E-state index in [2.05, 4.69) is 0 Å². The highest BCUT2D eigenvalue weighted by molar-refractivity contribution is 6.36. The minimum Gasteiger partial charge on any atom is -0.378 e. The van der Waals surface area contributed by atoms with Crippen LogP contribution < -0.4 is 14.9 Å². The zero-order valence-corrected chi connectivity index (χ0v) is 17.5. The molecule has 1 saturated heterocycles. The predicted octanol–water partition coefficient (Wildman–Crippen LogP) is 4.69. The van der Waals surface area contributed by atoms with Crippen molar-refractivity contribution in [3.8, 4) is 0 Å². The first-order valence-corrected chi connectivity index (χ1v) is 10.0. The molecule has 0 radical (unpaired) electrons. The zero-order chi connectivity index (χ0) is 21.8. The summed E-state index contributed by atoms with van der Waals surface area (Å²) < 4.78 is 0. The van der Waals surface area contributed by atoms with E-state index in [4.69, 9.17) is 0 Å². The van der Waals surface area contributed by atoms with Crippen LogP contribution in [0.25, 0.3) is 6.08 Å². The largest absolute Gasteiger partial charge is 0.378 e. The van der Waals surface area contributed by atoms with E-state index in [1.54, 1.807) is 12.2 Å². The maximum atomic E-state index is 13.2. The molecule has 0 bridgehead atoms. The van der Waals surface area contributed by atoms with E-state index in [1.807, 2.05) is 110 Å². The van der Waals surface area contributed by atoms with Gasteiger partial charge >= 0.3 is 0 Å². The fraction of sp³-hybridized carbons (Fsp3) is 0.0769. The van der Waals surface area contributed by atoms with Gasteiger partial charge in [0.05, 0.1) is 11.4 Å². The highest BCUT2D eigenvalue weighted by Gasteiger charge is 2.42. The van der Waals surface area contributed by atoms with Crippen LogP contribution in [0, 0.1) is 0 Å². The topological polar surface area (TPSA) is 43.9 Å². The van der Waals surface area contributed by atoms with Crippen molar-refractivity contribution in [2.75, 3.05) is 29.0 Å². The fourth-order valence-corrected chi connectivity index (χ4v) is 3.39. The van der Waals surface area contributed by atoms with Gasteiger partial charge < -0.3 is 4.90 Å². The summed E-state index contributed by atoms with van der Waals surface area (Å²) in [5, 5.41) is 2.84. The summed E-state index contributed by atoms with van der Waals surface area (Å²) in [6, 6.07) is 26.4. The van der Waals surface area contributed by atoms with Crippen molar-refractivity contribution in [3.05, 3.63) is 108 Å². The molecule has 154 valence electrons. The first-order chi connectivity index (χ1) is 15.1. The minimum absolute atomic E-state index is 0.119. The van der Waals surface area contributed by atoms with Gasteiger partial charge in [-0.1, -0.05) is 60.7 Å². The number of nitrogens with zero attached hydrogens (tertiary/aromatic N) is 3. The van der Waals surface area contributed by atoms with Crippen LogP contribution in [0.5, 0.6) is 0 Å². The SMILES string of the molecule is CN(C)c1ccc(C=CC=C2C(=O)N(c3ccccc3)N(c3ccccc3)C2=O)cc1. The number of benzene rings is 3. The molecule has 1 aliphatic rings. The number of carbonyl (C=O) groups excluding carboxylic acids is 2. The molecule has 5 heteroatoms. The van der Waals surface area contributed by atoms with Gasteiger partial charge in [-0.25, -0.2) is 10.0 Å². The Bertz CT molecular complexity index is 1070. The molecule has 3 aromatic rings. The van der Waals surface area contributed by atoms with Gasteiger partial charge in [0, 0.05) is 19.8 Å². The number of para-hydroxylation sites is 2. The third-order valence-electron chi connectivity index (χ3n) is 5.01. The van der Waals surface area contributed by atoms with E-state index in [-0.39, 0.29) is 17.4 Å². The van der Waals surface area contributed by atoms with Crippen molar-refractivity contribution in [2.24, 2.45) is 0 Å². The minimum atomic E-state index is -0.354. The van der Waals surface area contributed by atoms with E-state index < -0.39 is 0 Å². The Morgan fingerprint density at radius 3 is 1.61 bits per heavy atom. The van der Waals surface area contributed by atoms with Gasteiger partial charge in [-0.15, -0.1) is 0 Å². The number of allylic oxidation sites excluding steroid dienone is 2. The number of anilines is 3. The Balaban J connectivity index is 1.66. The molecule has 0 N–H and O–H groups in total. The molecular weight excluding hydrogens is 386 g/mol. The van der Waals surface area contributed by atoms with Gasteiger partial charge in [0.1, 0.15) is 5.57 Å². The summed E-state index contributed by atoms with van der Waals surface area (Å²) in [7, 11) is 3.98. The zero-order valence-electron chi connectivity index (χ0n) is 17.5. The molecule has 1 heterocycles. The van der Waals surface area contributed by atoms with Crippen LogP contribution in [-0.2, 0) is 9.59 Å². The van der Waals surface area contributed by atoms with Crippen LogP contribution in [0.1, 0.15) is 5.56 Å². The lowest BCUT2D eigenvalue weighted by Crippen LogP contribution is -2.41. The van der Waals surface area contributed by atoms with Gasteiger partial charge in [0.2, 0.25) is 0 Å². The van der Waals surface area contributed by atoms with E-state index in [9.17, 15) is 9.59 Å². The summed E-state index contributed by atoms with van der Waals surface area (Å²) in [5.41, 5.74) is 3.48. The lowest BCUT2D eigenvalue weighted by atomic mass is 10.1. The third-order valence-corrected chi connectivity index (χ3v) is 5.01. The van der Waals surface area contributed by atoms with E-state index in [1.165, 1.54) is 10.0 Å². The lowest BCUT2D eigenvalue weighted by Gasteiger charge is -2.27. The Morgan fingerprint density at radius 1 is 0.677 bits per heavy atom. The third kappa shape index (κ3) is 4.12. The van der Waals surface area contributed by atoms with Crippen molar-refractivity contribution < 1.29 is 9.59 Å². The van der Waals surface area contributed by atoms with E-state index in [0.29, 0.717) is 11.4 Å². The molecule has 0 spiro atoms. The molecule has 5 nitrogen and oxygen atoms in total. The second kappa shape index (κ2) is 8.71. The van der Waals surface area contributed by atoms with Crippen molar-refractivity contribution >= 4 is 35.0 Å².